The Morgan fingerprint density at radius 2 is 1.67 bits per heavy atom. The molecule has 3 aliphatic heterocycles. The number of primary amides is 1. The summed E-state index contributed by atoms with van der Waals surface area (Å²) in [4.78, 5) is 53.7. The fourth-order valence-electron chi connectivity index (χ4n) is 9.25. The summed E-state index contributed by atoms with van der Waals surface area (Å²) in [7, 11) is 0. The average Bonchev–Trinajstić information content (AvgIpc) is 3.86. The number of carbonyl (C=O) groups is 3. The summed E-state index contributed by atoms with van der Waals surface area (Å²) in [6, 6.07) is 14.2. The van der Waals surface area contributed by atoms with Gasteiger partial charge in [0.15, 0.2) is 0 Å². The molecule has 4 N–H and O–H groups in total. The molecule has 0 spiro atoms. The van der Waals surface area contributed by atoms with Crippen LogP contribution in [0.4, 0.5) is 0 Å². The summed E-state index contributed by atoms with van der Waals surface area (Å²) in [6.07, 6.45) is 11.0. The maximum Gasteiger partial charge on any atom is 0.288 e. The number of thiophene rings is 1. The SMILES string of the molecule is C[C@@H]1N=C(N2CCN(C(=O)C(NC3CCC(C(N)=O)CC3)C3CCC(N4CCCCC4)CC3)C(C(=O)NCc3cccs3)C2)O[C@H]1c1ccccc1. The molecule has 2 unspecified atom stereocenters. The van der Waals surface area contributed by atoms with Crippen molar-refractivity contribution in [1.29, 1.82) is 0 Å². The fourth-order valence-corrected chi connectivity index (χ4v) is 9.89. The number of piperidine rings is 1. The number of amidine groups is 1. The Morgan fingerprint density at radius 1 is 0.923 bits per heavy atom. The van der Waals surface area contributed by atoms with Crippen molar-refractivity contribution in [3.63, 3.8) is 0 Å². The molecule has 4 heterocycles. The van der Waals surface area contributed by atoms with E-state index in [4.69, 9.17) is 15.5 Å². The van der Waals surface area contributed by atoms with Gasteiger partial charge in [-0.3, -0.25) is 14.4 Å². The number of carbonyl (C=O) groups excluding carboxylic acids is 3. The first-order valence-electron chi connectivity index (χ1n) is 19.8. The van der Waals surface area contributed by atoms with Crippen LogP contribution >= 0.6 is 11.3 Å². The summed E-state index contributed by atoms with van der Waals surface area (Å²) in [6.45, 7) is 6.10. The molecule has 2 saturated carbocycles. The highest BCUT2D eigenvalue weighted by Crippen LogP contribution is 2.35. The van der Waals surface area contributed by atoms with Gasteiger partial charge in [-0.15, -0.1) is 11.3 Å². The molecule has 5 aliphatic rings. The van der Waals surface area contributed by atoms with Crippen LogP contribution in [0.15, 0.2) is 52.8 Å². The Labute approximate surface area is 312 Å². The van der Waals surface area contributed by atoms with Crippen molar-refractivity contribution >= 4 is 35.1 Å². The standard InChI is InChI=1S/C40H57N7O4S/c1-27-36(29-9-4-2-5-10-29)51-40(43-27)46-22-23-47(34(26-46)38(49)42-25-33-11-8-24-52-33)39(50)35(44-31-16-12-30(13-17-31)37(41)48)28-14-18-32(19-15-28)45-20-6-3-7-21-45/h2,4-5,8-11,24,27-28,30-32,34-36,44H,3,6-7,12-23,25-26H2,1H3,(H2,41,48)(H,42,49)/t27-,28?,30?,31?,32?,34?,35?,36+/m0/s1. The molecule has 2 aromatic rings. The molecule has 52 heavy (non-hydrogen) atoms. The number of hydrogen-bond donors (Lipinski definition) is 3. The number of ether oxygens (including phenoxy) is 1. The van der Waals surface area contributed by atoms with E-state index < -0.39 is 6.04 Å². The highest BCUT2D eigenvalue weighted by molar-refractivity contribution is 7.09. The van der Waals surface area contributed by atoms with E-state index in [9.17, 15) is 9.59 Å². The van der Waals surface area contributed by atoms with Crippen molar-refractivity contribution in [1.82, 2.24) is 25.3 Å². The van der Waals surface area contributed by atoms with Crippen molar-refractivity contribution < 1.29 is 19.1 Å². The largest absolute Gasteiger partial charge is 0.455 e. The first-order chi connectivity index (χ1) is 25.3. The highest BCUT2D eigenvalue weighted by atomic mass is 32.1. The molecule has 4 fully saturated rings. The molecular weight excluding hydrogens is 675 g/mol. The van der Waals surface area contributed by atoms with Crippen LogP contribution in [0.3, 0.4) is 0 Å². The number of aliphatic imine (C=N–C) groups is 1. The zero-order valence-electron chi connectivity index (χ0n) is 30.7. The molecule has 2 aliphatic carbocycles. The minimum Gasteiger partial charge on any atom is -0.455 e. The number of nitrogens with one attached hydrogen (secondary N) is 2. The fraction of sp³-hybridized carbons (Fsp3) is 0.650. The monoisotopic (exact) mass is 731 g/mol. The van der Waals surface area contributed by atoms with E-state index in [1.165, 1.54) is 32.4 Å². The van der Waals surface area contributed by atoms with Crippen molar-refractivity contribution in [3.05, 3.63) is 58.3 Å². The van der Waals surface area contributed by atoms with E-state index in [1.807, 2.05) is 40.6 Å². The normalized spacial score (nSPS) is 30.6. The van der Waals surface area contributed by atoms with Crippen LogP contribution < -0.4 is 16.4 Å². The molecule has 2 saturated heterocycles. The highest BCUT2D eigenvalue weighted by Gasteiger charge is 2.44. The lowest BCUT2D eigenvalue weighted by molar-refractivity contribution is -0.146. The van der Waals surface area contributed by atoms with Crippen LogP contribution in [0.2, 0.25) is 0 Å². The summed E-state index contributed by atoms with van der Waals surface area (Å²) >= 11 is 1.61. The van der Waals surface area contributed by atoms with Gasteiger partial charge < -0.3 is 35.8 Å². The van der Waals surface area contributed by atoms with Gasteiger partial charge in [0, 0.05) is 36.0 Å². The van der Waals surface area contributed by atoms with Gasteiger partial charge in [-0.05, 0) is 107 Å². The first kappa shape index (κ1) is 36.9. The van der Waals surface area contributed by atoms with Gasteiger partial charge >= 0.3 is 0 Å². The molecule has 4 atom stereocenters. The number of rotatable bonds is 10. The second-order valence-corrected chi connectivity index (χ2v) is 16.7. The van der Waals surface area contributed by atoms with E-state index in [2.05, 4.69) is 39.5 Å². The van der Waals surface area contributed by atoms with Gasteiger partial charge in [-0.1, -0.05) is 42.8 Å². The third kappa shape index (κ3) is 8.66. The zero-order valence-corrected chi connectivity index (χ0v) is 31.5. The summed E-state index contributed by atoms with van der Waals surface area (Å²) < 4.78 is 6.46. The van der Waals surface area contributed by atoms with E-state index in [-0.39, 0.29) is 53.8 Å². The summed E-state index contributed by atoms with van der Waals surface area (Å²) in [5.41, 5.74) is 6.74. The van der Waals surface area contributed by atoms with Gasteiger partial charge in [-0.2, -0.15) is 0 Å². The van der Waals surface area contributed by atoms with Gasteiger partial charge in [-0.25, -0.2) is 4.99 Å². The second kappa shape index (κ2) is 17.1. The molecular formula is C40H57N7O4S. The van der Waals surface area contributed by atoms with Gasteiger partial charge in [0.1, 0.15) is 12.1 Å². The van der Waals surface area contributed by atoms with Gasteiger partial charge in [0.05, 0.1) is 25.2 Å². The Kier molecular flexibility index (Phi) is 12.1. The van der Waals surface area contributed by atoms with E-state index in [1.54, 1.807) is 11.3 Å². The lowest BCUT2D eigenvalue weighted by Gasteiger charge is -2.45. The molecule has 1 aromatic carbocycles. The summed E-state index contributed by atoms with van der Waals surface area (Å²) in [5, 5.41) is 9.00. The van der Waals surface area contributed by atoms with E-state index in [0.717, 1.165) is 61.8 Å². The number of amides is 3. The third-order valence-electron chi connectivity index (χ3n) is 12.3. The topological polar surface area (TPSA) is 133 Å². The minimum absolute atomic E-state index is 0.0131. The molecule has 7 rings (SSSR count). The number of nitrogens with zero attached hydrogens (tertiary/aromatic N) is 4. The minimum atomic E-state index is -0.696. The summed E-state index contributed by atoms with van der Waals surface area (Å²) in [5.74, 6) is -0.282. The van der Waals surface area contributed by atoms with Crippen molar-refractivity contribution in [2.45, 2.75) is 120 Å². The van der Waals surface area contributed by atoms with Crippen LogP contribution in [0.5, 0.6) is 0 Å². The van der Waals surface area contributed by atoms with E-state index in [0.29, 0.717) is 38.2 Å². The number of nitrogens with two attached hydrogens (primary N) is 1. The Morgan fingerprint density at radius 3 is 2.37 bits per heavy atom. The van der Waals surface area contributed by atoms with Crippen molar-refractivity contribution in [2.24, 2.45) is 22.6 Å². The number of piperazine rings is 1. The number of likely N-dealkylation sites (tertiary alicyclic amines) is 1. The quantitative estimate of drug-likeness (QED) is 0.329. The Bertz CT molecular complexity index is 1520. The van der Waals surface area contributed by atoms with Crippen LogP contribution in [0, 0.1) is 11.8 Å². The smallest absolute Gasteiger partial charge is 0.288 e. The Balaban J connectivity index is 1.09. The molecule has 12 heteroatoms. The van der Waals surface area contributed by atoms with Crippen LogP contribution in [-0.2, 0) is 25.7 Å². The lowest BCUT2D eigenvalue weighted by Crippen LogP contribution is -2.65. The van der Waals surface area contributed by atoms with Crippen LogP contribution in [-0.4, -0.2) is 101 Å². The molecule has 0 bridgehead atoms. The third-order valence-corrected chi connectivity index (χ3v) is 13.2. The number of benzene rings is 1. The molecule has 3 amide bonds. The molecule has 0 radical (unpaired) electrons. The van der Waals surface area contributed by atoms with Crippen LogP contribution in [0.25, 0.3) is 0 Å². The first-order valence-corrected chi connectivity index (χ1v) is 20.7. The van der Waals surface area contributed by atoms with Gasteiger partial charge in [0.2, 0.25) is 17.7 Å². The predicted octanol–water partition coefficient (Wildman–Crippen LogP) is 4.44. The van der Waals surface area contributed by atoms with Gasteiger partial charge in [0.25, 0.3) is 6.02 Å². The van der Waals surface area contributed by atoms with Crippen LogP contribution in [0.1, 0.15) is 94.1 Å². The van der Waals surface area contributed by atoms with Crippen molar-refractivity contribution in [2.75, 3.05) is 32.7 Å². The second-order valence-electron chi connectivity index (χ2n) is 15.7. The predicted molar refractivity (Wildman–Crippen MR) is 203 cm³/mol. The molecule has 11 nitrogen and oxygen atoms in total. The maximum absolute atomic E-state index is 15.0. The Hall–Kier alpha value is -3.48. The zero-order chi connectivity index (χ0) is 36.0. The lowest BCUT2D eigenvalue weighted by atomic mass is 9.78. The molecule has 1 aromatic heterocycles. The average molecular weight is 732 g/mol. The molecule has 282 valence electrons. The van der Waals surface area contributed by atoms with E-state index >= 15 is 4.79 Å². The number of hydrogen-bond acceptors (Lipinski definition) is 9. The van der Waals surface area contributed by atoms with Crippen molar-refractivity contribution in [3.8, 4) is 0 Å². The maximum atomic E-state index is 15.0.